The van der Waals surface area contributed by atoms with Gasteiger partial charge in [-0.15, -0.1) is 0 Å². The Labute approximate surface area is 166 Å². The van der Waals surface area contributed by atoms with Crippen LogP contribution in [0.25, 0.3) is 0 Å². The van der Waals surface area contributed by atoms with E-state index in [2.05, 4.69) is 5.32 Å². The van der Waals surface area contributed by atoms with Crippen LogP contribution in [-0.2, 0) is 21.2 Å². The van der Waals surface area contributed by atoms with Crippen molar-refractivity contribution in [1.29, 1.82) is 0 Å². The first-order chi connectivity index (χ1) is 13.3. The molecule has 2 aromatic carbocycles. The summed E-state index contributed by atoms with van der Waals surface area (Å²) in [5, 5.41) is 3.08. The molecule has 2 unspecified atom stereocenters. The zero-order valence-electron chi connectivity index (χ0n) is 16.4. The molecule has 0 aromatic heterocycles. The fourth-order valence-electron chi connectivity index (χ4n) is 3.67. The van der Waals surface area contributed by atoms with Crippen LogP contribution in [0.15, 0.2) is 48.5 Å². The van der Waals surface area contributed by atoms with Crippen molar-refractivity contribution >= 4 is 15.9 Å². The number of likely N-dealkylation sites (N-methyl/N-ethyl adjacent to an activating group) is 1. The lowest BCUT2D eigenvalue weighted by molar-refractivity contribution is -0.125. The highest BCUT2D eigenvalue weighted by atomic mass is 32.2. The number of methoxy groups -OCH3 is 1. The fraction of sp³-hybridized carbons (Fsp3) is 0.381. The van der Waals surface area contributed by atoms with Gasteiger partial charge in [-0.1, -0.05) is 36.4 Å². The third kappa shape index (κ3) is 4.36. The highest BCUT2D eigenvalue weighted by Gasteiger charge is 2.33. The predicted molar refractivity (Wildman–Crippen MR) is 109 cm³/mol. The fourth-order valence-corrected chi connectivity index (χ4v) is 4.27. The second-order valence-corrected chi connectivity index (χ2v) is 9.15. The minimum atomic E-state index is -3.55. The Balaban J connectivity index is 1.89. The van der Waals surface area contributed by atoms with Gasteiger partial charge in [0.05, 0.1) is 19.4 Å². The molecule has 3 rings (SSSR count). The molecule has 2 aromatic rings. The number of fused-ring (bicyclic) bond motifs is 1. The van der Waals surface area contributed by atoms with E-state index in [4.69, 9.17) is 4.74 Å². The topological polar surface area (TPSA) is 75.7 Å². The lowest BCUT2D eigenvalue weighted by Crippen LogP contribution is -2.43. The number of carbonyl (C=O) groups is 1. The van der Waals surface area contributed by atoms with Crippen LogP contribution in [0.4, 0.5) is 0 Å². The van der Waals surface area contributed by atoms with Gasteiger partial charge in [0.25, 0.3) is 0 Å². The molecular formula is C21H26N2O4S. The van der Waals surface area contributed by atoms with E-state index in [1.54, 1.807) is 31.4 Å². The zero-order chi connectivity index (χ0) is 20.3. The highest BCUT2D eigenvalue weighted by molar-refractivity contribution is 7.88. The SMILES string of the molecule is COc1ccc2c(c1)CCCC2NC(=O)C(c1ccccc1)N(C)S(C)(=O)=O. The number of nitrogens with zero attached hydrogens (tertiary/aromatic N) is 1. The van der Waals surface area contributed by atoms with E-state index in [0.717, 1.165) is 46.7 Å². The van der Waals surface area contributed by atoms with E-state index >= 15 is 0 Å². The first kappa shape index (κ1) is 20.4. The normalized spacial score (nSPS) is 17.6. The first-order valence-electron chi connectivity index (χ1n) is 9.26. The van der Waals surface area contributed by atoms with Gasteiger partial charge < -0.3 is 10.1 Å². The van der Waals surface area contributed by atoms with Crippen molar-refractivity contribution in [3.05, 3.63) is 65.2 Å². The van der Waals surface area contributed by atoms with E-state index in [1.165, 1.54) is 7.05 Å². The molecule has 0 heterocycles. The molecule has 150 valence electrons. The minimum Gasteiger partial charge on any atom is -0.497 e. The Kier molecular flexibility index (Phi) is 6.05. The van der Waals surface area contributed by atoms with Gasteiger partial charge in [0.1, 0.15) is 11.8 Å². The van der Waals surface area contributed by atoms with Crippen molar-refractivity contribution in [2.24, 2.45) is 0 Å². The predicted octanol–water partition coefficient (Wildman–Crippen LogP) is 2.82. The molecule has 1 aliphatic carbocycles. The monoisotopic (exact) mass is 402 g/mol. The van der Waals surface area contributed by atoms with Gasteiger partial charge in [0, 0.05) is 7.05 Å². The van der Waals surface area contributed by atoms with E-state index in [9.17, 15) is 13.2 Å². The lowest BCUT2D eigenvalue weighted by Gasteiger charge is -2.31. The Morgan fingerprint density at radius 2 is 1.93 bits per heavy atom. The standard InChI is InChI=1S/C21H26N2O4S/c1-23(28(3,25)26)20(15-8-5-4-6-9-15)21(24)22-19-11-7-10-16-14-17(27-2)12-13-18(16)19/h4-6,8-9,12-14,19-20H,7,10-11H2,1-3H3,(H,22,24). The molecule has 6 nitrogen and oxygen atoms in total. The Morgan fingerprint density at radius 3 is 2.57 bits per heavy atom. The number of sulfonamides is 1. The Hall–Kier alpha value is -2.38. The number of ether oxygens (including phenoxy) is 1. The van der Waals surface area contributed by atoms with Crippen LogP contribution < -0.4 is 10.1 Å². The van der Waals surface area contributed by atoms with E-state index in [0.29, 0.717) is 5.56 Å². The lowest BCUT2D eigenvalue weighted by atomic mass is 9.87. The summed E-state index contributed by atoms with van der Waals surface area (Å²) in [4.78, 5) is 13.2. The number of amides is 1. The number of nitrogens with one attached hydrogen (secondary N) is 1. The molecular weight excluding hydrogens is 376 g/mol. The molecule has 0 saturated heterocycles. The van der Waals surface area contributed by atoms with Crippen molar-refractivity contribution in [3.8, 4) is 5.75 Å². The Morgan fingerprint density at radius 1 is 1.21 bits per heavy atom. The van der Waals surface area contributed by atoms with Gasteiger partial charge in [-0.2, -0.15) is 4.31 Å². The third-order valence-electron chi connectivity index (χ3n) is 5.23. The molecule has 0 spiro atoms. The van der Waals surface area contributed by atoms with Crippen LogP contribution in [0.3, 0.4) is 0 Å². The van der Waals surface area contributed by atoms with E-state index in [1.807, 2.05) is 24.3 Å². The van der Waals surface area contributed by atoms with Crippen LogP contribution in [0.1, 0.15) is 41.6 Å². The molecule has 0 fully saturated rings. The van der Waals surface area contributed by atoms with Crippen LogP contribution in [-0.4, -0.2) is 39.0 Å². The van der Waals surface area contributed by atoms with Crippen molar-refractivity contribution in [3.63, 3.8) is 0 Å². The summed E-state index contributed by atoms with van der Waals surface area (Å²) in [6.45, 7) is 0. The van der Waals surface area contributed by atoms with Crippen LogP contribution >= 0.6 is 0 Å². The maximum Gasteiger partial charge on any atom is 0.243 e. The molecule has 1 amide bonds. The summed E-state index contributed by atoms with van der Waals surface area (Å²) in [5.41, 5.74) is 2.86. The molecule has 2 atom stereocenters. The van der Waals surface area contributed by atoms with E-state index in [-0.39, 0.29) is 11.9 Å². The summed E-state index contributed by atoms with van der Waals surface area (Å²) in [6.07, 6.45) is 3.81. The molecule has 0 aliphatic heterocycles. The molecule has 7 heteroatoms. The first-order valence-corrected chi connectivity index (χ1v) is 11.1. The van der Waals surface area contributed by atoms with Gasteiger partial charge in [0.15, 0.2) is 0 Å². The van der Waals surface area contributed by atoms with Crippen LogP contribution in [0, 0.1) is 0 Å². The maximum atomic E-state index is 13.2. The molecule has 28 heavy (non-hydrogen) atoms. The highest BCUT2D eigenvalue weighted by Crippen LogP contribution is 2.33. The quantitative estimate of drug-likeness (QED) is 0.806. The summed E-state index contributed by atoms with van der Waals surface area (Å²) in [5.74, 6) is 0.470. The van der Waals surface area contributed by atoms with Crippen molar-refractivity contribution < 1.29 is 17.9 Å². The van der Waals surface area contributed by atoms with E-state index < -0.39 is 16.1 Å². The van der Waals surface area contributed by atoms with Crippen molar-refractivity contribution in [2.75, 3.05) is 20.4 Å². The smallest absolute Gasteiger partial charge is 0.243 e. The summed E-state index contributed by atoms with van der Waals surface area (Å²) in [7, 11) is -0.479. The summed E-state index contributed by atoms with van der Waals surface area (Å²) >= 11 is 0. The molecule has 0 radical (unpaired) electrons. The minimum absolute atomic E-state index is 0.152. The molecule has 0 saturated carbocycles. The molecule has 0 bridgehead atoms. The second-order valence-electron chi connectivity index (χ2n) is 7.11. The number of benzene rings is 2. The summed E-state index contributed by atoms with van der Waals surface area (Å²) < 4.78 is 30.7. The molecule has 1 N–H and O–H groups in total. The number of rotatable bonds is 6. The number of carbonyl (C=O) groups excluding carboxylic acids is 1. The largest absolute Gasteiger partial charge is 0.497 e. The van der Waals surface area contributed by atoms with Gasteiger partial charge in [0.2, 0.25) is 15.9 Å². The summed E-state index contributed by atoms with van der Waals surface area (Å²) in [6, 6.07) is 13.8. The van der Waals surface area contributed by atoms with Crippen LogP contribution in [0.2, 0.25) is 0 Å². The average Bonchev–Trinajstić information content (AvgIpc) is 2.68. The third-order valence-corrected chi connectivity index (χ3v) is 6.49. The van der Waals surface area contributed by atoms with Gasteiger partial charge >= 0.3 is 0 Å². The number of aryl methyl sites for hydroxylation is 1. The van der Waals surface area contributed by atoms with Gasteiger partial charge in [-0.3, -0.25) is 4.79 Å². The maximum absolute atomic E-state index is 13.2. The van der Waals surface area contributed by atoms with Crippen LogP contribution in [0.5, 0.6) is 5.75 Å². The van der Waals surface area contributed by atoms with Crippen molar-refractivity contribution in [2.45, 2.75) is 31.3 Å². The Bertz CT molecular complexity index is 944. The van der Waals surface area contributed by atoms with Gasteiger partial charge in [-0.05, 0) is 48.1 Å². The van der Waals surface area contributed by atoms with Crippen molar-refractivity contribution in [1.82, 2.24) is 9.62 Å². The average molecular weight is 403 g/mol. The van der Waals surface area contributed by atoms with Gasteiger partial charge in [-0.25, -0.2) is 8.42 Å². The number of hydrogen-bond donors (Lipinski definition) is 1. The molecule has 1 aliphatic rings. The zero-order valence-corrected chi connectivity index (χ0v) is 17.2. The number of hydrogen-bond acceptors (Lipinski definition) is 4. The second kappa shape index (κ2) is 8.32.